The number of nitrogens with zero attached hydrogens (tertiary/aromatic N) is 1. The molecule has 0 amide bonds. The molecule has 0 aromatic heterocycles. The maximum Gasteiger partial charge on any atom is 0.336 e. The number of hydrogen-bond acceptors (Lipinski definition) is 4. The van der Waals surface area contributed by atoms with Crippen LogP contribution in [0.1, 0.15) is 13.8 Å². The van der Waals surface area contributed by atoms with E-state index in [-0.39, 0.29) is 6.54 Å². The Labute approximate surface area is 95.4 Å². The maximum absolute atomic E-state index is 10.9. The van der Waals surface area contributed by atoms with Gasteiger partial charge in [-0.25, -0.2) is 4.79 Å². The predicted molar refractivity (Wildman–Crippen MR) is 59.1 cm³/mol. The van der Waals surface area contributed by atoms with Crippen LogP contribution in [-0.2, 0) is 4.79 Å². The molecule has 0 bridgehead atoms. The van der Waals surface area contributed by atoms with Gasteiger partial charge < -0.3 is 15.5 Å². The molecule has 0 spiro atoms. The van der Waals surface area contributed by atoms with Crippen molar-refractivity contribution in [3.05, 3.63) is 0 Å². The molecule has 3 N–H and O–H groups in total. The van der Waals surface area contributed by atoms with E-state index >= 15 is 0 Å². The van der Waals surface area contributed by atoms with Gasteiger partial charge in [0.15, 0.2) is 5.60 Å². The molecule has 4 unspecified atom stereocenters. The third-order valence-electron chi connectivity index (χ3n) is 4.03. The van der Waals surface area contributed by atoms with Crippen LogP contribution in [0.25, 0.3) is 0 Å². The van der Waals surface area contributed by atoms with Crippen molar-refractivity contribution in [1.82, 2.24) is 10.2 Å². The fourth-order valence-electron chi connectivity index (χ4n) is 2.93. The highest BCUT2D eigenvalue weighted by atomic mass is 16.4. The van der Waals surface area contributed by atoms with Gasteiger partial charge in [-0.1, -0.05) is 0 Å². The number of carboxylic acid groups (broad SMARTS) is 1. The summed E-state index contributed by atoms with van der Waals surface area (Å²) < 4.78 is 0. The van der Waals surface area contributed by atoms with Crippen molar-refractivity contribution in [2.75, 3.05) is 26.2 Å². The lowest BCUT2D eigenvalue weighted by atomic mass is 9.95. The average Bonchev–Trinajstić information content (AvgIpc) is 2.71. The minimum Gasteiger partial charge on any atom is -0.479 e. The van der Waals surface area contributed by atoms with Crippen LogP contribution in [0.2, 0.25) is 0 Å². The Balaban J connectivity index is 2.00. The Bertz CT molecular complexity index is 293. The van der Waals surface area contributed by atoms with Gasteiger partial charge in [-0.15, -0.1) is 0 Å². The van der Waals surface area contributed by atoms with Crippen molar-refractivity contribution in [2.24, 2.45) is 11.8 Å². The number of likely N-dealkylation sites (tertiary alicyclic amines) is 1. The first kappa shape index (κ1) is 11.8. The molecular formula is C11H20N2O3. The molecule has 0 aliphatic carbocycles. The van der Waals surface area contributed by atoms with E-state index in [4.69, 9.17) is 5.11 Å². The molecule has 4 atom stereocenters. The topological polar surface area (TPSA) is 72.8 Å². The summed E-state index contributed by atoms with van der Waals surface area (Å²) in [4.78, 5) is 13.0. The van der Waals surface area contributed by atoms with Gasteiger partial charge in [0.25, 0.3) is 0 Å². The van der Waals surface area contributed by atoms with Crippen molar-refractivity contribution in [3.63, 3.8) is 0 Å². The summed E-state index contributed by atoms with van der Waals surface area (Å²) in [5.74, 6) is 0.0686. The normalized spacial score (nSPS) is 38.3. The van der Waals surface area contributed by atoms with Crippen molar-refractivity contribution in [2.45, 2.75) is 25.5 Å². The number of nitrogens with one attached hydrogen (secondary N) is 1. The summed E-state index contributed by atoms with van der Waals surface area (Å²) in [6.45, 7) is 6.63. The molecule has 2 heterocycles. The first-order valence-electron chi connectivity index (χ1n) is 5.82. The monoisotopic (exact) mass is 228 g/mol. The highest BCUT2D eigenvalue weighted by Crippen LogP contribution is 2.33. The van der Waals surface area contributed by atoms with Gasteiger partial charge in [0.1, 0.15) is 0 Å². The predicted octanol–water partition coefficient (Wildman–Crippen LogP) is -0.638. The summed E-state index contributed by atoms with van der Waals surface area (Å²) >= 11 is 0. The van der Waals surface area contributed by atoms with E-state index in [9.17, 15) is 9.90 Å². The highest BCUT2D eigenvalue weighted by molar-refractivity contribution is 5.76. The van der Waals surface area contributed by atoms with Crippen LogP contribution in [0.5, 0.6) is 0 Å². The Hall–Kier alpha value is -0.650. The van der Waals surface area contributed by atoms with Crippen LogP contribution in [0.15, 0.2) is 0 Å². The summed E-state index contributed by atoms with van der Waals surface area (Å²) in [5, 5.41) is 22.0. The summed E-state index contributed by atoms with van der Waals surface area (Å²) in [6.07, 6.45) is 0. The highest BCUT2D eigenvalue weighted by Gasteiger charge is 2.44. The summed E-state index contributed by atoms with van der Waals surface area (Å²) in [7, 11) is 0. The molecule has 0 saturated carbocycles. The Morgan fingerprint density at radius 1 is 1.56 bits per heavy atom. The molecule has 5 heteroatoms. The van der Waals surface area contributed by atoms with Gasteiger partial charge in [-0.3, -0.25) is 4.90 Å². The van der Waals surface area contributed by atoms with Crippen LogP contribution in [0, 0.1) is 11.8 Å². The fourth-order valence-corrected chi connectivity index (χ4v) is 2.93. The van der Waals surface area contributed by atoms with Crippen LogP contribution >= 0.6 is 0 Å². The zero-order valence-electron chi connectivity index (χ0n) is 9.81. The van der Waals surface area contributed by atoms with Gasteiger partial charge in [0, 0.05) is 19.1 Å². The van der Waals surface area contributed by atoms with Crippen LogP contribution in [0.4, 0.5) is 0 Å². The lowest BCUT2D eigenvalue weighted by Crippen LogP contribution is -2.48. The summed E-state index contributed by atoms with van der Waals surface area (Å²) in [5.41, 5.74) is -1.64. The van der Waals surface area contributed by atoms with Gasteiger partial charge >= 0.3 is 5.97 Å². The molecule has 2 aliphatic heterocycles. The van der Waals surface area contributed by atoms with Crippen LogP contribution in [-0.4, -0.2) is 58.9 Å². The SMILES string of the molecule is CC1C2CNCC2CN1CC(C)(O)C(=O)O. The van der Waals surface area contributed by atoms with Crippen molar-refractivity contribution in [3.8, 4) is 0 Å². The third kappa shape index (κ3) is 1.95. The zero-order chi connectivity index (χ0) is 11.9. The fraction of sp³-hybridized carbons (Fsp3) is 0.909. The van der Waals surface area contributed by atoms with Crippen LogP contribution in [0.3, 0.4) is 0 Å². The smallest absolute Gasteiger partial charge is 0.336 e. The number of rotatable bonds is 3. The van der Waals surface area contributed by atoms with Crippen molar-refractivity contribution in [1.29, 1.82) is 0 Å². The molecule has 2 aliphatic rings. The first-order chi connectivity index (χ1) is 7.42. The van der Waals surface area contributed by atoms with E-state index in [1.165, 1.54) is 6.92 Å². The van der Waals surface area contributed by atoms with E-state index in [0.29, 0.717) is 17.9 Å². The lowest BCUT2D eigenvalue weighted by Gasteiger charge is -2.29. The van der Waals surface area contributed by atoms with E-state index in [0.717, 1.165) is 19.6 Å². The zero-order valence-corrected chi connectivity index (χ0v) is 9.81. The molecule has 2 saturated heterocycles. The van der Waals surface area contributed by atoms with E-state index in [2.05, 4.69) is 17.1 Å². The standard InChI is InChI=1S/C11H20N2O3/c1-7-9-4-12-3-8(9)5-13(7)6-11(2,16)10(14)15/h7-9,12,16H,3-6H2,1-2H3,(H,14,15). The Morgan fingerprint density at radius 3 is 2.81 bits per heavy atom. The quantitative estimate of drug-likeness (QED) is 0.599. The number of hydrogen-bond donors (Lipinski definition) is 3. The Morgan fingerprint density at radius 2 is 2.25 bits per heavy atom. The van der Waals surface area contributed by atoms with Gasteiger partial charge in [0.05, 0.1) is 0 Å². The minimum absolute atomic E-state index is 0.219. The second-order valence-electron chi connectivity index (χ2n) is 5.33. The third-order valence-corrected chi connectivity index (χ3v) is 4.03. The molecule has 0 aromatic rings. The number of β-amino-alcohol motifs (C(OH)–C–C–N with tert-alkyl or cyclic N) is 1. The molecule has 2 fully saturated rings. The average molecular weight is 228 g/mol. The number of aliphatic hydroxyl groups is 1. The Kier molecular flexibility index (Phi) is 2.94. The number of fused-ring (bicyclic) bond motifs is 1. The van der Waals surface area contributed by atoms with E-state index in [1.54, 1.807) is 0 Å². The van der Waals surface area contributed by atoms with Crippen LogP contribution < -0.4 is 5.32 Å². The molecule has 16 heavy (non-hydrogen) atoms. The van der Waals surface area contributed by atoms with Crippen molar-refractivity contribution < 1.29 is 15.0 Å². The number of aliphatic carboxylic acids is 1. The van der Waals surface area contributed by atoms with Gasteiger partial charge in [0.2, 0.25) is 0 Å². The molecule has 2 rings (SSSR count). The van der Waals surface area contributed by atoms with Gasteiger partial charge in [-0.05, 0) is 38.8 Å². The molecule has 0 radical (unpaired) electrons. The number of carbonyl (C=O) groups is 1. The molecule has 5 nitrogen and oxygen atoms in total. The van der Waals surface area contributed by atoms with Crippen molar-refractivity contribution >= 4 is 5.97 Å². The molecule has 0 aromatic carbocycles. The van der Waals surface area contributed by atoms with E-state index < -0.39 is 11.6 Å². The second kappa shape index (κ2) is 3.98. The second-order valence-corrected chi connectivity index (χ2v) is 5.33. The van der Waals surface area contributed by atoms with E-state index in [1.807, 2.05) is 0 Å². The maximum atomic E-state index is 10.9. The molecule has 92 valence electrons. The largest absolute Gasteiger partial charge is 0.479 e. The number of carboxylic acids is 1. The van der Waals surface area contributed by atoms with Gasteiger partial charge in [-0.2, -0.15) is 0 Å². The minimum atomic E-state index is -1.64. The molecular weight excluding hydrogens is 208 g/mol. The first-order valence-corrected chi connectivity index (χ1v) is 5.82. The summed E-state index contributed by atoms with van der Waals surface area (Å²) in [6, 6.07) is 0.353. The lowest BCUT2D eigenvalue weighted by molar-refractivity contribution is -0.158.